The van der Waals surface area contributed by atoms with Crippen molar-refractivity contribution in [3.8, 4) is 0 Å². The molecule has 1 saturated heterocycles. The van der Waals surface area contributed by atoms with E-state index < -0.39 is 0 Å². The molecule has 0 aliphatic carbocycles. The summed E-state index contributed by atoms with van der Waals surface area (Å²) in [4.78, 5) is 9.56. The van der Waals surface area contributed by atoms with Gasteiger partial charge in [-0.3, -0.25) is 4.90 Å². The first-order valence-corrected chi connectivity index (χ1v) is 8.21. The Morgan fingerprint density at radius 2 is 1.81 bits per heavy atom. The predicted molar refractivity (Wildman–Crippen MR) is 89.7 cm³/mol. The Kier molecular flexibility index (Phi) is 6.00. The summed E-state index contributed by atoms with van der Waals surface area (Å²) >= 11 is 0. The van der Waals surface area contributed by atoms with Crippen LogP contribution < -0.4 is 10.2 Å². The first kappa shape index (κ1) is 16.2. The van der Waals surface area contributed by atoms with Gasteiger partial charge in [-0.2, -0.15) is 0 Å². The highest BCUT2D eigenvalue weighted by molar-refractivity contribution is 5.39. The highest BCUT2D eigenvalue weighted by Gasteiger charge is 2.19. The topological polar surface area (TPSA) is 31.4 Å². The molecule has 21 heavy (non-hydrogen) atoms. The lowest BCUT2D eigenvalue weighted by Gasteiger charge is -2.37. The summed E-state index contributed by atoms with van der Waals surface area (Å²) in [5.74, 6) is 1.81. The van der Waals surface area contributed by atoms with Crippen molar-refractivity contribution in [2.45, 2.75) is 40.3 Å². The highest BCUT2D eigenvalue weighted by atomic mass is 15.3. The summed E-state index contributed by atoms with van der Waals surface area (Å²) in [5, 5.41) is 3.46. The lowest BCUT2D eigenvalue weighted by molar-refractivity contribution is 0.209. The number of anilines is 1. The van der Waals surface area contributed by atoms with Crippen LogP contribution in [0.4, 0.5) is 5.82 Å². The molecular formula is C17H30N4. The number of aromatic nitrogens is 1. The minimum absolute atomic E-state index is 0.648. The molecule has 1 fully saturated rings. The Balaban J connectivity index is 1.82. The van der Waals surface area contributed by atoms with Gasteiger partial charge in [-0.15, -0.1) is 0 Å². The molecule has 2 rings (SSSR count). The lowest BCUT2D eigenvalue weighted by atomic mass is 10.2. The number of rotatable bonds is 6. The molecule has 4 nitrogen and oxygen atoms in total. The second kappa shape index (κ2) is 7.76. The molecule has 1 aromatic heterocycles. The molecule has 4 heteroatoms. The molecule has 118 valence electrons. The van der Waals surface area contributed by atoms with Gasteiger partial charge in [0.15, 0.2) is 0 Å². The SMILES string of the molecule is CC(C)CNCc1ccc(N2CCN(C(C)C)CC2)nc1. The zero-order valence-corrected chi connectivity index (χ0v) is 14.0. The lowest BCUT2D eigenvalue weighted by Crippen LogP contribution is -2.49. The third-order valence-electron chi connectivity index (χ3n) is 4.06. The highest BCUT2D eigenvalue weighted by Crippen LogP contribution is 2.15. The van der Waals surface area contributed by atoms with Gasteiger partial charge in [0.05, 0.1) is 0 Å². The van der Waals surface area contributed by atoms with E-state index in [1.807, 2.05) is 6.20 Å². The van der Waals surface area contributed by atoms with E-state index in [9.17, 15) is 0 Å². The number of hydrogen-bond acceptors (Lipinski definition) is 4. The quantitative estimate of drug-likeness (QED) is 0.871. The van der Waals surface area contributed by atoms with Gasteiger partial charge in [0, 0.05) is 45.0 Å². The maximum atomic E-state index is 4.64. The molecule has 0 unspecified atom stereocenters. The fraction of sp³-hybridized carbons (Fsp3) is 0.706. The summed E-state index contributed by atoms with van der Waals surface area (Å²) in [6.07, 6.45) is 2.01. The minimum Gasteiger partial charge on any atom is -0.354 e. The molecule has 0 aromatic carbocycles. The van der Waals surface area contributed by atoms with Crippen molar-refractivity contribution in [1.82, 2.24) is 15.2 Å². The molecule has 2 heterocycles. The van der Waals surface area contributed by atoms with Crippen LogP contribution in [-0.4, -0.2) is 48.6 Å². The Bertz CT molecular complexity index is 405. The van der Waals surface area contributed by atoms with Crippen molar-refractivity contribution in [3.63, 3.8) is 0 Å². The number of nitrogens with one attached hydrogen (secondary N) is 1. The minimum atomic E-state index is 0.648. The van der Waals surface area contributed by atoms with Gasteiger partial charge in [0.1, 0.15) is 5.82 Å². The van der Waals surface area contributed by atoms with E-state index in [1.54, 1.807) is 0 Å². The first-order valence-electron chi connectivity index (χ1n) is 8.21. The average Bonchev–Trinajstić information content (AvgIpc) is 2.48. The van der Waals surface area contributed by atoms with E-state index in [1.165, 1.54) is 5.56 Å². The molecule has 1 aromatic rings. The van der Waals surface area contributed by atoms with E-state index in [0.717, 1.165) is 45.1 Å². The number of pyridine rings is 1. The monoisotopic (exact) mass is 290 g/mol. The molecule has 0 atom stereocenters. The summed E-state index contributed by atoms with van der Waals surface area (Å²) in [7, 11) is 0. The Morgan fingerprint density at radius 3 is 2.33 bits per heavy atom. The zero-order valence-electron chi connectivity index (χ0n) is 14.0. The van der Waals surface area contributed by atoms with Crippen molar-refractivity contribution in [3.05, 3.63) is 23.9 Å². The van der Waals surface area contributed by atoms with Crippen molar-refractivity contribution in [1.29, 1.82) is 0 Å². The summed E-state index contributed by atoms with van der Waals surface area (Å²) in [5.41, 5.74) is 1.26. The Labute approximate surface area is 129 Å². The van der Waals surface area contributed by atoms with Crippen LogP contribution in [0.2, 0.25) is 0 Å². The second-order valence-corrected chi connectivity index (χ2v) is 6.67. The van der Waals surface area contributed by atoms with E-state index >= 15 is 0 Å². The van der Waals surface area contributed by atoms with Crippen molar-refractivity contribution < 1.29 is 0 Å². The van der Waals surface area contributed by atoms with Crippen LogP contribution in [0.1, 0.15) is 33.3 Å². The summed E-state index contributed by atoms with van der Waals surface area (Å²) in [6.45, 7) is 15.4. The molecular weight excluding hydrogens is 260 g/mol. The molecule has 1 aliphatic heterocycles. The van der Waals surface area contributed by atoms with Gasteiger partial charge in [-0.1, -0.05) is 19.9 Å². The van der Waals surface area contributed by atoms with Crippen LogP contribution in [0.25, 0.3) is 0 Å². The van der Waals surface area contributed by atoms with Gasteiger partial charge in [0.25, 0.3) is 0 Å². The Morgan fingerprint density at radius 1 is 1.10 bits per heavy atom. The third kappa shape index (κ3) is 4.97. The van der Waals surface area contributed by atoms with Crippen LogP contribution in [0.15, 0.2) is 18.3 Å². The normalized spacial score (nSPS) is 17.0. The maximum absolute atomic E-state index is 4.64. The van der Waals surface area contributed by atoms with Crippen molar-refractivity contribution in [2.75, 3.05) is 37.6 Å². The zero-order chi connectivity index (χ0) is 15.2. The van der Waals surface area contributed by atoms with Crippen LogP contribution in [0.3, 0.4) is 0 Å². The first-order chi connectivity index (χ1) is 10.1. The van der Waals surface area contributed by atoms with Crippen LogP contribution >= 0.6 is 0 Å². The van der Waals surface area contributed by atoms with Gasteiger partial charge < -0.3 is 10.2 Å². The van der Waals surface area contributed by atoms with E-state index in [0.29, 0.717) is 12.0 Å². The third-order valence-corrected chi connectivity index (χ3v) is 4.06. The van der Waals surface area contributed by atoms with Crippen molar-refractivity contribution in [2.24, 2.45) is 5.92 Å². The van der Waals surface area contributed by atoms with Crippen LogP contribution in [-0.2, 0) is 6.54 Å². The Hall–Kier alpha value is -1.13. The number of nitrogens with zero attached hydrogens (tertiary/aromatic N) is 3. The largest absolute Gasteiger partial charge is 0.354 e. The van der Waals surface area contributed by atoms with Gasteiger partial charge in [-0.05, 0) is 37.9 Å². The van der Waals surface area contributed by atoms with Gasteiger partial charge in [0.2, 0.25) is 0 Å². The maximum Gasteiger partial charge on any atom is 0.128 e. The predicted octanol–water partition coefficient (Wildman–Crippen LogP) is 2.36. The van der Waals surface area contributed by atoms with E-state index in [-0.39, 0.29) is 0 Å². The number of piperazine rings is 1. The molecule has 0 amide bonds. The second-order valence-electron chi connectivity index (χ2n) is 6.67. The summed E-state index contributed by atoms with van der Waals surface area (Å²) in [6, 6.07) is 5.01. The molecule has 1 N–H and O–H groups in total. The smallest absolute Gasteiger partial charge is 0.128 e. The van der Waals surface area contributed by atoms with Gasteiger partial charge in [-0.25, -0.2) is 4.98 Å². The summed E-state index contributed by atoms with van der Waals surface area (Å²) < 4.78 is 0. The van der Waals surface area contributed by atoms with Gasteiger partial charge >= 0.3 is 0 Å². The molecule has 1 aliphatic rings. The van der Waals surface area contributed by atoms with E-state index in [4.69, 9.17) is 0 Å². The average molecular weight is 290 g/mol. The molecule has 0 saturated carbocycles. The molecule has 0 radical (unpaired) electrons. The standard InChI is InChI=1S/C17H30N4/c1-14(2)11-18-12-16-5-6-17(19-13-16)21-9-7-20(8-10-21)15(3)4/h5-6,13-15,18H,7-12H2,1-4H3. The van der Waals surface area contributed by atoms with Crippen LogP contribution in [0, 0.1) is 5.92 Å². The van der Waals surface area contributed by atoms with Crippen LogP contribution in [0.5, 0.6) is 0 Å². The fourth-order valence-corrected chi connectivity index (χ4v) is 2.68. The van der Waals surface area contributed by atoms with Crippen molar-refractivity contribution >= 4 is 5.82 Å². The van der Waals surface area contributed by atoms with E-state index in [2.05, 4.69) is 59.9 Å². The number of hydrogen-bond donors (Lipinski definition) is 1. The fourth-order valence-electron chi connectivity index (χ4n) is 2.68. The molecule has 0 bridgehead atoms. The molecule has 0 spiro atoms.